The van der Waals surface area contributed by atoms with Gasteiger partial charge in [-0.2, -0.15) is 0 Å². The molecule has 0 bridgehead atoms. The third-order valence-corrected chi connectivity index (χ3v) is 3.24. The van der Waals surface area contributed by atoms with Crippen molar-refractivity contribution in [2.24, 2.45) is 0 Å². The molecule has 0 saturated heterocycles. The molecule has 0 heterocycles. The standard InChI is InChI=1S/C16H15FN2O5/c1-8-5-11(20)7-12(21)13(8)15(23)18-19-16(24)14(22)9-3-2-4-10(17)6-9/h2-7,14,20-22H,1H3,(H,18,23)(H,19,24). The minimum Gasteiger partial charge on any atom is -0.508 e. The monoisotopic (exact) mass is 334 g/mol. The molecule has 1 atom stereocenters. The fourth-order valence-corrected chi connectivity index (χ4v) is 2.12. The number of aliphatic hydroxyl groups is 1. The van der Waals surface area contributed by atoms with Crippen molar-refractivity contribution < 1.29 is 29.3 Å². The first-order chi connectivity index (χ1) is 11.3. The maximum absolute atomic E-state index is 13.1. The molecule has 0 aromatic heterocycles. The first kappa shape index (κ1) is 17.2. The molecule has 0 saturated carbocycles. The maximum atomic E-state index is 13.1. The number of rotatable bonds is 3. The lowest BCUT2D eigenvalue weighted by molar-refractivity contribution is -0.130. The fourth-order valence-electron chi connectivity index (χ4n) is 2.12. The Labute approximate surface area is 136 Å². The highest BCUT2D eigenvalue weighted by molar-refractivity contribution is 5.99. The van der Waals surface area contributed by atoms with Gasteiger partial charge in [-0.05, 0) is 36.2 Å². The van der Waals surface area contributed by atoms with Crippen molar-refractivity contribution >= 4 is 11.8 Å². The van der Waals surface area contributed by atoms with Crippen LogP contribution in [-0.2, 0) is 4.79 Å². The predicted octanol–water partition coefficient (Wildman–Crippen LogP) is 1.04. The van der Waals surface area contributed by atoms with Gasteiger partial charge in [-0.25, -0.2) is 4.39 Å². The number of carbonyl (C=O) groups is 2. The predicted molar refractivity (Wildman–Crippen MR) is 81.5 cm³/mol. The summed E-state index contributed by atoms with van der Waals surface area (Å²) in [5, 5.41) is 28.8. The highest BCUT2D eigenvalue weighted by atomic mass is 19.1. The molecule has 5 N–H and O–H groups in total. The summed E-state index contributed by atoms with van der Waals surface area (Å²) < 4.78 is 13.1. The van der Waals surface area contributed by atoms with Crippen LogP contribution in [0.25, 0.3) is 0 Å². The van der Waals surface area contributed by atoms with Gasteiger partial charge < -0.3 is 15.3 Å². The largest absolute Gasteiger partial charge is 0.508 e. The van der Waals surface area contributed by atoms with Crippen molar-refractivity contribution in [3.63, 3.8) is 0 Å². The van der Waals surface area contributed by atoms with E-state index in [0.29, 0.717) is 0 Å². The van der Waals surface area contributed by atoms with E-state index in [1.807, 2.05) is 10.9 Å². The van der Waals surface area contributed by atoms with Crippen LogP contribution in [0.3, 0.4) is 0 Å². The first-order valence-corrected chi connectivity index (χ1v) is 6.86. The highest BCUT2D eigenvalue weighted by Crippen LogP contribution is 2.26. The van der Waals surface area contributed by atoms with Crippen LogP contribution < -0.4 is 10.9 Å². The molecule has 1 unspecified atom stereocenters. The molecule has 0 radical (unpaired) electrons. The maximum Gasteiger partial charge on any atom is 0.273 e. The number of aromatic hydroxyl groups is 2. The topological polar surface area (TPSA) is 119 Å². The Morgan fingerprint density at radius 1 is 1.12 bits per heavy atom. The Morgan fingerprint density at radius 2 is 1.83 bits per heavy atom. The molecule has 7 nitrogen and oxygen atoms in total. The summed E-state index contributed by atoms with van der Waals surface area (Å²) in [6.07, 6.45) is -1.68. The Kier molecular flexibility index (Phi) is 5.00. The number of aliphatic hydroxyl groups excluding tert-OH is 1. The lowest BCUT2D eigenvalue weighted by Crippen LogP contribution is -2.44. The summed E-state index contributed by atoms with van der Waals surface area (Å²) in [4.78, 5) is 23.8. The van der Waals surface area contributed by atoms with E-state index < -0.39 is 29.5 Å². The van der Waals surface area contributed by atoms with Crippen molar-refractivity contribution in [2.75, 3.05) is 0 Å². The Morgan fingerprint density at radius 3 is 2.46 bits per heavy atom. The van der Waals surface area contributed by atoms with Gasteiger partial charge in [0.1, 0.15) is 17.3 Å². The van der Waals surface area contributed by atoms with Gasteiger partial charge in [0, 0.05) is 6.07 Å². The van der Waals surface area contributed by atoms with Gasteiger partial charge >= 0.3 is 0 Å². The van der Waals surface area contributed by atoms with Gasteiger partial charge in [-0.1, -0.05) is 12.1 Å². The average Bonchev–Trinajstić information content (AvgIpc) is 2.50. The van der Waals surface area contributed by atoms with E-state index in [9.17, 15) is 29.3 Å². The number of hydrazine groups is 1. The summed E-state index contributed by atoms with van der Waals surface area (Å²) >= 11 is 0. The zero-order valence-electron chi connectivity index (χ0n) is 12.6. The number of amides is 2. The average molecular weight is 334 g/mol. The van der Waals surface area contributed by atoms with Crippen LogP contribution >= 0.6 is 0 Å². The van der Waals surface area contributed by atoms with Gasteiger partial charge in [0.2, 0.25) is 0 Å². The van der Waals surface area contributed by atoms with Crippen LogP contribution in [0.2, 0.25) is 0 Å². The van der Waals surface area contributed by atoms with E-state index in [1.165, 1.54) is 25.1 Å². The van der Waals surface area contributed by atoms with Crippen LogP contribution in [0.1, 0.15) is 27.6 Å². The number of hydrogen-bond donors (Lipinski definition) is 5. The van der Waals surface area contributed by atoms with Gasteiger partial charge in [-0.15, -0.1) is 0 Å². The number of hydrogen-bond acceptors (Lipinski definition) is 5. The zero-order valence-corrected chi connectivity index (χ0v) is 12.6. The lowest BCUT2D eigenvalue weighted by Gasteiger charge is -2.14. The van der Waals surface area contributed by atoms with Crippen LogP contribution in [-0.4, -0.2) is 27.1 Å². The molecular formula is C16H15FN2O5. The number of phenolic OH excluding ortho intramolecular Hbond substituents is 2. The van der Waals surface area contributed by atoms with Gasteiger partial charge in [-0.3, -0.25) is 20.4 Å². The normalized spacial score (nSPS) is 11.6. The van der Waals surface area contributed by atoms with E-state index in [4.69, 9.17) is 0 Å². The second-order valence-electron chi connectivity index (χ2n) is 5.06. The highest BCUT2D eigenvalue weighted by Gasteiger charge is 2.20. The molecule has 2 aromatic carbocycles. The molecule has 0 aliphatic carbocycles. The molecule has 2 rings (SSSR count). The van der Waals surface area contributed by atoms with Crippen molar-refractivity contribution in [1.29, 1.82) is 0 Å². The van der Waals surface area contributed by atoms with E-state index in [1.54, 1.807) is 0 Å². The number of phenols is 2. The molecule has 2 aromatic rings. The molecule has 0 aliphatic heterocycles. The third kappa shape index (κ3) is 3.79. The Bertz CT molecular complexity index is 771. The Hall–Kier alpha value is -3.13. The lowest BCUT2D eigenvalue weighted by atomic mass is 10.1. The molecule has 0 spiro atoms. The van der Waals surface area contributed by atoms with Gasteiger partial charge in [0.25, 0.3) is 11.8 Å². The van der Waals surface area contributed by atoms with E-state index in [2.05, 4.69) is 0 Å². The quantitative estimate of drug-likeness (QED) is 0.537. The molecule has 0 aliphatic rings. The van der Waals surface area contributed by atoms with Crippen LogP contribution in [0, 0.1) is 12.7 Å². The van der Waals surface area contributed by atoms with Crippen molar-refractivity contribution in [3.05, 3.63) is 58.9 Å². The minimum atomic E-state index is -1.68. The van der Waals surface area contributed by atoms with Crippen LogP contribution in [0.15, 0.2) is 36.4 Å². The number of aryl methyl sites for hydroxylation is 1. The summed E-state index contributed by atoms with van der Waals surface area (Å²) in [6, 6.07) is 7.07. The third-order valence-electron chi connectivity index (χ3n) is 3.24. The second kappa shape index (κ2) is 6.97. The van der Waals surface area contributed by atoms with E-state index >= 15 is 0 Å². The zero-order chi connectivity index (χ0) is 17.9. The number of nitrogens with one attached hydrogen (secondary N) is 2. The van der Waals surface area contributed by atoms with Gasteiger partial charge in [0.05, 0.1) is 5.56 Å². The number of halogens is 1. The molecule has 0 fully saturated rings. The minimum absolute atomic E-state index is 0.0189. The fraction of sp³-hybridized carbons (Fsp3) is 0.125. The molecule has 24 heavy (non-hydrogen) atoms. The smallest absolute Gasteiger partial charge is 0.273 e. The second-order valence-corrected chi connectivity index (χ2v) is 5.06. The molecule has 2 amide bonds. The number of carbonyl (C=O) groups excluding carboxylic acids is 2. The van der Waals surface area contributed by atoms with Crippen molar-refractivity contribution in [1.82, 2.24) is 10.9 Å². The van der Waals surface area contributed by atoms with Crippen LogP contribution in [0.4, 0.5) is 4.39 Å². The molecular weight excluding hydrogens is 319 g/mol. The summed E-state index contributed by atoms with van der Waals surface area (Å²) in [5.41, 5.74) is 4.17. The van der Waals surface area contributed by atoms with Crippen molar-refractivity contribution in [2.45, 2.75) is 13.0 Å². The SMILES string of the molecule is Cc1cc(O)cc(O)c1C(=O)NNC(=O)C(O)c1cccc(F)c1. The molecule has 126 valence electrons. The van der Waals surface area contributed by atoms with E-state index in [-0.39, 0.29) is 22.4 Å². The Balaban J connectivity index is 2.05. The summed E-state index contributed by atoms with van der Waals surface area (Å²) in [7, 11) is 0. The summed E-state index contributed by atoms with van der Waals surface area (Å²) in [5.74, 6) is -3.13. The number of benzene rings is 2. The first-order valence-electron chi connectivity index (χ1n) is 6.86. The molecule has 8 heteroatoms. The van der Waals surface area contributed by atoms with Gasteiger partial charge in [0.15, 0.2) is 6.10 Å². The van der Waals surface area contributed by atoms with Crippen LogP contribution in [0.5, 0.6) is 11.5 Å². The van der Waals surface area contributed by atoms with Crippen molar-refractivity contribution in [3.8, 4) is 11.5 Å². The summed E-state index contributed by atoms with van der Waals surface area (Å²) in [6.45, 7) is 1.48. The van der Waals surface area contributed by atoms with E-state index in [0.717, 1.165) is 18.2 Å².